The van der Waals surface area contributed by atoms with Gasteiger partial charge in [0.05, 0.1) is 24.3 Å². The minimum Gasteiger partial charge on any atom is -0.462 e. The van der Waals surface area contributed by atoms with E-state index in [0.717, 1.165) is 31.1 Å². The Bertz CT molecular complexity index is 1040. The molecular formula is C42H68O4. The first-order valence-corrected chi connectivity index (χ1v) is 19.5. The normalized spacial score (nSPS) is 11.3. The van der Waals surface area contributed by atoms with E-state index in [4.69, 9.17) is 9.47 Å². The van der Waals surface area contributed by atoms with Gasteiger partial charge in [0.1, 0.15) is 0 Å². The first-order valence-electron chi connectivity index (χ1n) is 19.5. The van der Waals surface area contributed by atoms with Crippen LogP contribution in [0.15, 0.2) is 36.4 Å². The lowest BCUT2D eigenvalue weighted by atomic mass is 9.99. The SMILES string of the molecule is CCCCCCCCCCCCCCCCCCCCCCOC(=O)c1cccc2cccc(C(=O)OCCCCCCCC)c12. The Balaban J connectivity index is 1.52. The Hall–Kier alpha value is -2.36. The predicted molar refractivity (Wildman–Crippen MR) is 196 cm³/mol. The van der Waals surface area contributed by atoms with E-state index in [1.165, 1.54) is 141 Å². The smallest absolute Gasteiger partial charge is 0.338 e. The third kappa shape index (κ3) is 18.1. The zero-order valence-electron chi connectivity index (χ0n) is 29.9. The molecule has 2 aromatic rings. The maximum absolute atomic E-state index is 13.0. The van der Waals surface area contributed by atoms with E-state index in [0.29, 0.717) is 29.7 Å². The summed E-state index contributed by atoms with van der Waals surface area (Å²) in [6, 6.07) is 11.1. The van der Waals surface area contributed by atoms with Gasteiger partial charge >= 0.3 is 11.9 Å². The molecule has 2 rings (SSSR count). The van der Waals surface area contributed by atoms with Crippen molar-refractivity contribution in [1.82, 2.24) is 0 Å². The quantitative estimate of drug-likeness (QED) is 0.0632. The van der Waals surface area contributed by atoms with Crippen LogP contribution >= 0.6 is 0 Å². The largest absolute Gasteiger partial charge is 0.462 e. The van der Waals surface area contributed by atoms with Gasteiger partial charge in [-0.25, -0.2) is 9.59 Å². The van der Waals surface area contributed by atoms with Crippen molar-refractivity contribution in [2.75, 3.05) is 13.2 Å². The number of esters is 2. The number of benzene rings is 2. The van der Waals surface area contributed by atoms with Crippen LogP contribution in [0.3, 0.4) is 0 Å². The van der Waals surface area contributed by atoms with Crippen molar-refractivity contribution < 1.29 is 19.1 Å². The second-order valence-electron chi connectivity index (χ2n) is 13.5. The first kappa shape index (κ1) is 39.8. The van der Waals surface area contributed by atoms with Gasteiger partial charge in [0, 0.05) is 5.39 Å². The van der Waals surface area contributed by atoms with E-state index >= 15 is 0 Å². The minimum atomic E-state index is -0.367. The van der Waals surface area contributed by atoms with Gasteiger partial charge in [-0.1, -0.05) is 192 Å². The van der Waals surface area contributed by atoms with Crippen LogP contribution in [-0.2, 0) is 9.47 Å². The van der Waals surface area contributed by atoms with Crippen molar-refractivity contribution in [3.63, 3.8) is 0 Å². The van der Waals surface area contributed by atoms with Crippen molar-refractivity contribution >= 4 is 22.7 Å². The molecule has 0 aliphatic rings. The third-order valence-corrected chi connectivity index (χ3v) is 9.31. The molecule has 0 unspecified atom stereocenters. The fraction of sp³-hybridized carbons (Fsp3) is 0.714. The highest BCUT2D eigenvalue weighted by atomic mass is 16.5. The Morgan fingerprint density at radius 2 is 0.696 bits per heavy atom. The summed E-state index contributed by atoms with van der Waals surface area (Å²) in [5, 5.41) is 1.48. The average Bonchev–Trinajstić information content (AvgIpc) is 3.07. The van der Waals surface area contributed by atoms with E-state index in [9.17, 15) is 9.59 Å². The zero-order chi connectivity index (χ0) is 32.9. The standard InChI is InChI=1S/C42H68O4/c1-3-5-7-9-11-12-13-14-15-16-17-18-19-20-21-22-23-24-26-28-36-46-42(44)39-34-30-32-37-31-29-33-38(40(37)39)41(43)45-35-27-25-10-8-6-4-2/h29-34H,3-28,35-36H2,1-2H3. The maximum atomic E-state index is 13.0. The Morgan fingerprint density at radius 3 is 1.00 bits per heavy atom. The molecule has 0 saturated carbocycles. The maximum Gasteiger partial charge on any atom is 0.338 e. The molecule has 2 aromatic carbocycles. The zero-order valence-corrected chi connectivity index (χ0v) is 29.9. The second-order valence-corrected chi connectivity index (χ2v) is 13.5. The van der Waals surface area contributed by atoms with Crippen molar-refractivity contribution in [2.45, 2.75) is 181 Å². The summed E-state index contributed by atoms with van der Waals surface area (Å²) in [6.45, 7) is 5.32. The van der Waals surface area contributed by atoms with Gasteiger partial charge in [0.15, 0.2) is 0 Å². The van der Waals surface area contributed by atoms with E-state index in [1.54, 1.807) is 12.1 Å². The Kier molecular flexibility index (Phi) is 24.0. The van der Waals surface area contributed by atoms with Crippen LogP contribution in [0.25, 0.3) is 10.8 Å². The molecule has 260 valence electrons. The molecular weight excluding hydrogens is 568 g/mol. The molecule has 0 N–H and O–H groups in total. The lowest BCUT2D eigenvalue weighted by Crippen LogP contribution is -2.11. The lowest BCUT2D eigenvalue weighted by Gasteiger charge is -2.12. The summed E-state index contributed by atoms with van der Waals surface area (Å²) in [4.78, 5) is 26.0. The summed E-state index contributed by atoms with van der Waals surface area (Å²) in [5.74, 6) is -0.729. The van der Waals surface area contributed by atoms with Gasteiger partial charge in [-0.15, -0.1) is 0 Å². The third-order valence-electron chi connectivity index (χ3n) is 9.31. The summed E-state index contributed by atoms with van der Waals surface area (Å²) >= 11 is 0. The monoisotopic (exact) mass is 637 g/mol. The Labute approximate surface area is 282 Å². The molecule has 0 amide bonds. The predicted octanol–water partition coefficient (Wildman–Crippen LogP) is 13.3. The number of ether oxygens (including phenoxy) is 2. The second kappa shape index (κ2) is 27.7. The van der Waals surface area contributed by atoms with Crippen LogP contribution in [0, 0.1) is 0 Å². The summed E-state index contributed by atoms with van der Waals surface area (Å²) < 4.78 is 11.3. The van der Waals surface area contributed by atoms with Crippen LogP contribution in [0.5, 0.6) is 0 Å². The lowest BCUT2D eigenvalue weighted by molar-refractivity contribution is 0.0498. The fourth-order valence-corrected chi connectivity index (χ4v) is 6.41. The summed E-state index contributed by atoms with van der Waals surface area (Å²) in [5.41, 5.74) is 0.882. The van der Waals surface area contributed by atoms with Crippen molar-refractivity contribution in [1.29, 1.82) is 0 Å². The molecule has 0 spiro atoms. The number of fused-ring (bicyclic) bond motifs is 1. The van der Waals surface area contributed by atoms with Crippen molar-refractivity contribution in [2.24, 2.45) is 0 Å². The minimum absolute atomic E-state index is 0.362. The molecule has 4 nitrogen and oxygen atoms in total. The number of carbonyl (C=O) groups is 2. The van der Waals surface area contributed by atoms with E-state index < -0.39 is 0 Å². The van der Waals surface area contributed by atoms with E-state index in [2.05, 4.69) is 13.8 Å². The highest BCUT2D eigenvalue weighted by molar-refractivity contribution is 6.13. The Morgan fingerprint density at radius 1 is 0.413 bits per heavy atom. The molecule has 0 bridgehead atoms. The topological polar surface area (TPSA) is 52.6 Å². The highest BCUT2D eigenvalue weighted by Crippen LogP contribution is 2.25. The van der Waals surface area contributed by atoms with Crippen molar-refractivity contribution in [3.05, 3.63) is 47.5 Å². The van der Waals surface area contributed by atoms with Crippen LogP contribution in [0.4, 0.5) is 0 Å². The summed E-state index contributed by atoms with van der Waals surface area (Å²) in [7, 11) is 0. The number of hydrogen-bond donors (Lipinski definition) is 0. The molecule has 0 heterocycles. The van der Waals surface area contributed by atoms with Gasteiger partial charge < -0.3 is 9.47 Å². The molecule has 0 aliphatic carbocycles. The molecule has 0 aliphatic heterocycles. The van der Waals surface area contributed by atoms with Gasteiger partial charge in [-0.05, 0) is 30.4 Å². The molecule has 0 radical (unpaired) electrons. The number of carbonyl (C=O) groups excluding carboxylic acids is 2. The molecule has 0 atom stereocenters. The average molecular weight is 637 g/mol. The van der Waals surface area contributed by atoms with Crippen LogP contribution in [0.1, 0.15) is 202 Å². The van der Waals surface area contributed by atoms with Crippen LogP contribution in [-0.4, -0.2) is 25.2 Å². The van der Waals surface area contributed by atoms with Crippen LogP contribution in [0.2, 0.25) is 0 Å². The number of rotatable bonds is 30. The van der Waals surface area contributed by atoms with Crippen LogP contribution < -0.4 is 0 Å². The van der Waals surface area contributed by atoms with Gasteiger partial charge in [-0.2, -0.15) is 0 Å². The number of hydrogen-bond acceptors (Lipinski definition) is 4. The van der Waals surface area contributed by atoms with E-state index in [1.807, 2.05) is 24.3 Å². The summed E-state index contributed by atoms with van der Waals surface area (Å²) in [6.07, 6.45) is 33.7. The van der Waals surface area contributed by atoms with E-state index in [-0.39, 0.29) is 11.9 Å². The highest BCUT2D eigenvalue weighted by Gasteiger charge is 2.19. The van der Waals surface area contributed by atoms with Gasteiger partial charge in [0.2, 0.25) is 0 Å². The van der Waals surface area contributed by atoms with Gasteiger partial charge in [0.25, 0.3) is 0 Å². The van der Waals surface area contributed by atoms with Crippen molar-refractivity contribution in [3.8, 4) is 0 Å². The molecule has 46 heavy (non-hydrogen) atoms. The fourth-order valence-electron chi connectivity index (χ4n) is 6.41. The molecule has 0 fully saturated rings. The molecule has 4 heteroatoms. The molecule has 0 aromatic heterocycles. The number of unbranched alkanes of at least 4 members (excludes halogenated alkanes) is 24. The molecule has 0 saturated heterocycles. The first-order chi connectivity index (χ1) is 22.7. The van der Waals surface area contributed by atoms with Gasteiger partial charge in [-0.3, -0.25) is 0 Å².